The molecule has 1 aromatic rings. The first kappa shape index (κ1) is 13.1. The van der Waals surface area contributed by atoms with Crippen molar-refractivity contribution in [3.63, 3.8) is 0 Å². The summed E-state index contributed by atoms with van der Waals surface area (Å²) in [5.74, 6) is 0.855. The van der Waals surface area contributed by atoms with Gasteiger partial charge in [0.15, 0.2) is 0 Å². The molecular formula is C13H16ClN3O. The Balaban J connectivity index is 2.10. The van der Waals surface area contributed by atoms with Gasteiger partial charge in [0.25, 0.3) is 0 Å². The lowest BCUT2D eigenvalue weighted by atomic mass is 9.85. The fraction of sp³-hybridized carbons (Fsp3) is 0.538. The minimum Gasteiger partial charge on any atom is -0.396 e. The van der Waals surface area contributed by atoms with Crippen LogP contribution in [0.25, 0.3) is 0 Å². The Labute approximate surface area is 112 Å². The lowest BCUT2D eigenvalue weighted by molar-refractivity contribution is 0.178. The lowest BCUT2D eigenvalue weighted by Gasteiger charge is -2.31. The Bertz CT molecular complexity index is 458. The molecule has 0 aliphatic heterocycles. The summed E-state index contributed by atoms with van der Waals surface area (Å²) >= 11 is 6.08. The van der Waals surface area contributed by atoms with Crippen molar-refractivity contribution in [2.75, 3.05) is 11.9 Å². The summed E-state index contributed by atoms with van der Waals surface area (Å²) in [6.45, 7) is 0.186. The van der Waals surface area contributed by atoms with Crippen molar-refractivity contribution < 1.29 is 5.11 Å². The third kappa shape index (κ3) is 2.92. The number of aliphatic hydroxyl groups is 1. The molecule has 2 atom stereocenters. The molecular weight excluding hydrogens is 250 g/mol. The molecule has 96 valence electrons. The van der Waals surface area contributed by atoms with Crippen molar-refractivity contribution in [3.05, 3.63) is 22.8 Å². The highest BCUT2D eigenvalue weighted by molar-refractivity contribution is 6.33. The van der Waals surface area contributed by atoms with E-state index in [1.165, 1.54) is 6.20 Å². The van der Waals surface area contributed by atoms with Crippen molar-refractivity contribution >= 4 is 17.4 Å². The molecule has 2 rings (SSSR count). The fourth-order valence-corrected chi connectivity index (χ4v) is 2.62. The average molecular weight is 266 g/mol. The summed E-state index contributed by atoms with van der Waals surface area (Å²) < 4.78 is 0. The van der Waals surface area contributed by atoms with E-state index in [2.05, 4.69) is 10.3 Å². The molecule has 1 fully saturated rings. The molecule has 1 aliphatic rings. The molecule has 1 aromatic heterocycles. The minimum absolute atomic E-state index is 0.186. The molecule has 0 aromatic carbocycles. The number of nitrogens with zero attached hydrogens (tertiary/aromatic N) is 2. The van der Waals surface area contributed by atoms with Gasteiger partial charge in [-0.2, -0.15) is 5.26 Å². The van der Waals surface area contributed by atoms with Crippen molar-refractivity contribution in [1.29, 1.82) is 5.26 Å². The highest BCUT2D eigenvalue weighted by Crippen LogP contribution is 2.29. The van der Waals surface area contributed by atoms with Gasteiger partial charge < -0.3 is 10.4 Å². The summed E-state index contributed by atoms with van der Waals surface area (Å²) in [5, 5.41) is 21.9. The number of halogens is 1. The van der Waals surface area contributed by atoms with Gasteiger partial charge in [-0.05, 0) is 18.9 Å². The van der Waals surface area contributed by atoms with Gasteiger partial charge in [0.2, 0.25) is 0 Å². The van der Waals surface area contributed by atoms with Crippen LogP contribution >= 0.6 is 11.6 Å². The van der Waals surface area contributed by atoms with Crippen LogP contribution in [-0.2, 0) is 0 Å². The summed E-state index contributed by atoms with van der Waals surface area (Å²) in [5.41, 5.74) is 0.452. The Morgan fingerprint density at radius 1 is 1.50 bits per heavy atom. The second-order valence-corrected chi connectivity index (χ2v) is 5.05. The van der Waals surface area contributed by atoms with Crippen molar-refractivity contribution in [1.82, 2.24) is 4.98 Å². The van der Waals surface area contributed by atoms with Crippen molar-refractivity contribution in [3.8, 4) is 6.07 Å². The normalized spacial score (nSPS) is 23.4. The predicted molar refractivity (Wildman–Crippen MR) is 70.4 cm³/mol. The first-order chi connectivity index (χ1) is 8.74. The molecule has 2 N–H and O–H groups in total. The van der Waals surface area contributed by atoms with Crippen LogP contribution in [0.4, 0.5) is 5.82 Å². The molecule has 0 bridgehead atoms. The summed E-state index contributed by atoms with van der Waals surface area (Å²) in [6.07, 6.45) is 5.87. The zero-order valence-corrected chi connectivity index (χ0v) is 10.8. The number of aromatic nitrogens is 1. The highest BCUT2D eigenvalue weighted by atomic mass is 35.5. The quantitative estimate of drug-likeness (QED) is 0.881. The van der Waals surface area contributed by atoms with Crippen LogP contribution in [0.5, 0.6) is 0 Å². The van der Waals surface area contributed by atoms with E-state index in [0.717, 1.165) is 25.7 Å². The predicted octanol–water partition coefficient (Wildman–Crippen LogP) is 2.57. The van der Waals surface area contributed by atoms with Gasteiger partial charge in [0, 0.05) is 24.8 Å². The second kappa shape index (κ2) is 6.03. The minimum atomic E-state index is 0.186. The Morgan fingerprint density at radius 3 is 2.94 bits per heavy atom. The van der Waals surface area contributed by atoms with Gasteiger partial charge in [-0.25, -0.2) is 4.98 Å². The average Bonchev–Trinajstić information content (AvgIpc) is 2.41. The number of rotatable bonds is 3. The van der Waals surface area contributed by atoms with Gasteiger partial charge >= 0.3 is 0 Å². The highest BCUT2D eigenvalue weighted by Gasteiger charge is 2.25. The summed E-state index contributed by atoms with van der Waals surface area (Å²) in [4.78, 5) is 4.16. The van der Waals surface area contributed by atoms with E-state index in [1.54, 1.807) is 6.07 Å². The molecule has 0 amide bonds. The monoisotopic (exact) mass is 265 g/mol. The van der Waals surface area contributed by atoms with E-state index >= 15 is 0 Å². The molecule has 0 unspecified atom stereocenters. The Kier molecular flexibility index (Phi) is 4.40. The molecule has 5 heteroatoms. The Morgan fingerprint density at radius 2 is 2.28 bits per heavy atom. The van der Waals surface area contributed by atoms with E-state index in [9.17, 15) is 5.11 Å². The van der Waals surface area contributed by atoms with Crippen molar-refractivity contribution in [2.45, 2.75) is 31.7 Å². The first-order valence-corrected chi connectivity index (χ1v) is 6.55. The third-order valence-corrected chi connectivity index (χ3v) is 3.72. The SMILES string of the molecule is N#Cc1cnc(N[C@@H]2CCCC[C@H]2CO)c(Cl)c1. The van der Waals surface area contributed by atoms with Crippen LogP contribution in [-0.4, -0.2) is 22.7 Å². The molecule has 0 saturated heterocycles. The molecule has 4 nitrogen and oxygen atoms in total. The summed E-state index contributed by atoms with van der Waals surface area (Å²) in [7, 11) is 0. The van der Waals surface area contributed by atoms with E-state index in [1.807, 2.05) is 6.07 Å². The summed E-state index contributed by atoms with van der Waals surface area (Å²) in [6, 6.07) is 3.82. The lowest BCUT2D eigenvalue weighted by Crippen LogP contribution is -2.34. The van der Waals surface area contributed by atoms with E-state index < -0.39 is 0 Å². The van der Waals surface area contributed by atoms with Crippen LogP contribution < -0.4 is 5.32 Å². The molecule has 0 spiro atoms. The van der Waals surface area contributed by atoms with E-state index in [4.69, 9.17) is 16.9 Å². The van der Waals surface area contributed by atoms with E-state index in [0.29, 0.717) is 16.4 Å². The Hall–Kier alpha value is -1.31. The third-order valence-electron chi connectivity index (χ3n) is 3.44. The second-order valence-electron chi connectivity index (χ2n) is 4.64. The number of pyridine rings is 1. The zero-order chi connectivity index (χ0) is 13.0. The zero-order valence-electron chi connectivity index (χ0n) is 10.1. The molecule has 1 heterocycles. The standard InChI is InChI=1S/C13H16ClN3O/c14-11-5-9(6-15)7-16-13(11)17-12-4-2-1-3-10(12)8-18/h5,7,10,12,18H,1-4,8H2,(H,16,17)/t10-,12+/m0/s1. The maximum absolute atomic E-state index is 9.35. The largest absolute Gasteiger partial charge is 0.396 e. The van der Waals surface area contributed by atoms with Gasteiger partial charge in [-0.1, -0.05) is 24.4 Å². The van der Waals surface area contributed by atoms with E-state index in [-0.39, 0.29) is 18.6 Å². The number of anilines is 1. The topological polar surface area (TPSA) is 68.9 Å². The smallest absolute Gasteiger partial charge is 0.145 e. The van der Waals surface area contributed by atoms with Crippen LogP contribution in [0.3, 0.4) is 0 Å². The molecule has 1 aliphatic carbocycles. The maximum atomic E-state index is 9.35. The number of hydrogen-bond donors (Lipinski definition) is 2. The maximum Gasteiger partial charge on any atom is 0.145 e. The molecule has 18 heavy (non-hydrogen) atoms. The first-order valence-electron chi connectivity index (χ1n) is 6.17. The van der Waals surface area contributed by atoms with Gasteiger partial charge in [-0.3, -0.25) is 0 Å². The number of nitriles is 1. The number of aliphatic hydroxyl groups excluding tert-OH is 1. The molecule has 1 saturated carbocycles. The van der Waals surface area contributed by atoms with Crippen LogP contribution in [0, 0.1) is 17.2 Å². The van der Waals surface area contributed by atoms with Crippen molar-refractivity contribution in [2.24, 2.45) is 5.92 Å². The van der Waals surface area contributed by atoms with Crippen LogP contribution in [0.2, 0.25) is 5.02 Å². The fourth-order valence-electron chi connectivity index (χ4n) is 2.40. The van der Waals surface area contributed by atoms with Crippen LogP contribution in [0.1, 0.15) is 31.2 Å². The number of nitrogens with one attached hydrogen (secondary N) is 1. The van der Waals surface area contributed by atoms with Gasteiger partial charge in [-0.15, -0.1) is 0 Å². The molecule has 0 radical (unpaired) electrons. The van der Waals surface area contributed by atoms with Gasteiger partial charge in [0.1, 0.15) is 11.9 Å². The van der Waals surface area contributed by atoms with Gasteiger partial charge in [0.05, 0.1) is 10.6 Å². The van der Waals surface area contributed by atoms with Crippen LogP contribution in [0.15, 0.2) is 12.3 Å². The number of hydrogen-bond acceptors (Lipinski definition) is 4.